The minimum absolute atomic E-state index is 0.0203. The van der Waals surface area contributed by atoms with E-state index >= 15 is 0 Å². The zero-order chi connectivity index (χ0) is 22.0. The second-order valence-corrected chi connectivity index (χ2v) is 8.01. The summed E-state index contributed by atoms with van der Waals surface area (Å²) in [6, 6.07) is 13.3. The summed E-state index contributed by atoms with van der Waals surface area (Å²) in [6.07, 6.45) is -0.825. The summed E-state index contributed by atoms with van der Waals surface area (Å²) in [4.78, 5) is 40.2. The fourth-order valence-corrected chi connectivity index (χ4v) is 3.85. The number of ether oxygens (including phenoxy) is 1. The second kappa shape index (κ2) is 8.79. The molecule has 1 N–H and O–H groups in total. The van der Waals surface area contributed by atoms with Crippen molar-refractivity contribution >= 4 is 17.5 Å². The fraction of sp³-hybridized carbons (Fsp3) is 0.375. The van der Waals surface area contributed by atoms with Gasteiger partial charge in [0.05, 0.1) is 19.3 Å². The minimum atomic E-state index is -1.16. The first-order chi connectivity index (χ1) is 14.2. The van der Waals surface area contributed by atoms with Crippen molar-refractivity contribution in [1.29, 1.82) is 0 Å². The number of likely N-dealkylation sites (tertiary alicyclic amines) is 1. The van der Waals surface area contributed by atoms with E-state index in [-0.39, 0.29) is 6.54 Å². The summed E-state index contributed by atoms with van der Waals surface area (Å²) in [5.41, 5.74) is 2.16. The van der Waals surface area contributed by atoms with E-state index in [1.807, 2.05) is 24.3 Å². The lowest BCUT2D eigenvalue weighted by atomic mass is 9.85. The van der Waals surface area contributed by atoms with Crippen LogP contribution in [0.1, 0.15) is 54.2 Å². The topological polar surface area (TPSA) is 83.9 Å². The molecule has 0 spiro atoms. The molecule has 0 aliphatic carbocycles. The predicted molar refractivity (Wildman–Crippen MR) is 112 cm³/mol. The van der Waals surface area contributed by atoms with Gasteiger partial charge < -0.3 is 14.7 Å². The molecular weight excluding hydrogens is 382 g/mol. The highest BCUT2D eigenvalue weighted by atomic mass is 16.5. The number of aliphatic hydroxyl groups excluding tert-OH is 1. The third-order valence-electron chi connectivity index (χ3n) is 5.47. The zero-order valence-corrected chi connectivity index (χ0v) is 17.7. The van der Waals surface area contributed by atoms with Gasteiger partial charge in [0.2, 0.25) is 5.78 Å². The number of rotatable bonds is 7. The number of benzene rings is 2. The zero-order valence-electron chi connectivity index (χ0n) is 17.7. The van der Waals surface area contributed by atoms with Gasteiger partial charge in [-0.3, -0.25) is 14.4 Å². The van der Waals surface area contributed by atoms with Crippen LogP contribution >= 0.6 is 0 Å². The Balaban J connectivity index is 2.04. The van der Waals surface area contributed by atoms with E-state index in [2.05, 4.69) is 13.8 Å². The van der Waals surface area contributed by atoms with Crippen LogP contribution in [-0.2, 0) is 9.59 Å². The van der Waals surface area contributed by atoms with Crippen LogP contribution in [0.3, 0.4) is 0 Å². The highest BCUT2D eigenvalue weighted by Crippen LogP contribution is 2.38. The highest BCUT2D eigenvalue weighted by Gasteiger charge is 2.51. The van der Waals surface area contributed by atoms with E-state index < -0.39 is 35.5 Å². The van der Waals surface area contributed by atoms with Crippen LogP contribution in [0.15, 0.2) is 48.5 Å². The Labute approximate surface area is 176 Å². The van der Waals surface area contributed by atoms with Crippen molar-refractivity contribution in [2.75, 3.05) is 13.7 Å². The molecule has 3 unspecified atom stereocenters. The molecule has 1 fully saturated rings. The highest BCUT2D eigenvalue weighted by molar-refractivity contribution is 6.44. The molecule has 1 saturated heterocycles. The lowest BCUT2D eigenvalue weighted by Crippen LogP contribution is -2.36. The van der Waals surface area contributed by atoms with Crippen LogP contribution in [0.4, 0.5) is 0 Å². The second-order valence-electron chi connectivity index (χ2n) is 8.01. The lowest BCUT2D eigenvalue weighted by molar-refractivity contribution is -0.141. The molecule has 0 saturated carbocycles. The number of amides is 1. The number of carbonyl (C=O) groups excluding carboxylic acids is 3. The van der Waals surface area contributed by atoms with Crippen LogP contribution in [0, 0.1) is 5.92 Å². The maximum atomic E-state index is 13.3. The number of ketones is 2. The van der Waals surface area contributed by atoms with Gasteiger partial charge in [0.25, 0.3) is 5.91 Å². The maximum absolute atomic E-state index is 13.3. The Morgan fingerprint density at radius 1 is 1.03 bits per heavy atom. The van der Waals surface area contributed by atoms with Gasteiger partial charge >= 0.3 is 0 Å². The number of aliphatic hydroxyl groups is 1. The Kier molecular flexibility index (Phi) is 6.37. The molecule has 1 aliphatic heterocycles. The molecule has 30 heavy (non-hydrogen) atoms. The normalized spacial score (nSPS) is 20.0. The molecule has 0 radical (unpaired) electrons. The van der Waals surface area contributed by atoms with E-state index in [0.29, 0.717) is 22.8 Å². The molecule has 3 atom stereocenters. The van der Waals surface area contributed by atoms with Crippen molar-refractivity contribution in [1.82, 2.24) is 4.90 Å². The largest absolute Gasteiger partial charge is 0.497 e. The number of nitrogens with zero attached hydrogens (tertiary/aromatic N) is 1. The molecule has 3 rings (SSSR count). The molecule has 2 aromatic carbocycles. The Morgan fingerprint density at radius 3 is 2.13 bits per heavy atom. The standard InChI is InChI=1S/C24H27NO5/c1-14(2)16-5-7-17(8-6-16)21-20(23(28)24(29)25(21)13-15(3)26)22(27)18-9-11-19(30-4)12-10-18/h5-12,14-15,20-21,26H,13H2,1-4H3. The predicted octanol–water partition coefficient (Wildman–Crippen LogP) is 3.15. The van der Waals surface area contributed by atoms with E-state index in [1.54, 1.807) is 31.2 Å². The smallest absolute Gasteiger partial charge is 0.291 e. The van der Waals surface area contributed by atoms with Crippen LogP contribution in [-0.4, -0.2) is 47.2 Å². The van der Waals surface area contributed by atoms with Gasteiger partial charge in [-0.2, -0.15) is 0 Å². The van der Waals surface area contributed by atoms with Gasteiger partial charge in [0.1, 0.15) is 11.7 Å². The van der Waals surface area contributed by atoms with Crippen molar-refractivity contribution in [3.8, 4) is 5.75 Å². The van der Waals surface area contributed by atoms with Gasteiger partial charge in [-0.1, -0.05) is 38.1 Å². The van der Waals surface area contributed by atoms with E-state index in [9.17, 15) is 19.5 Å². The average molecular weight is 409 g/mol. The van der Waals surface area contributed by atoms with Gasteiger partial charge in [-0.15, -0.1) is 0 Å². The third kappa shape index (κ3) is 4.14. The Morgan fingerprint density at radius 2 is 1.63 bits per heavy atom. The summed E-state index contributed by atoms with van der Waals surface area (Å²) in [6.45, 7) is 5.68. The fourth-order valence-electron chi connectivity index (χ4n) is 3.85. The molecular formula is C24H27NO5. The Hall–Kier alpha value is -2.99. The van der Waals surface area contributed by atoms with E-state index in [1.165, 1.54) is 12.0 Å². The minimum Gasteiger partial charge on any atom is -0.497 e. The number of hydrogen-bond donors (Lipinski definition) is 1. The maximum Gasteiger partial charge on any atom is 0.291 e. The van der Waals surface area contributed by atoms with Crippen LogP contribution in [0.2, 0.25) is 0 Å². The van der Waals surface area contributed by atoms with Gasteiger partial charge in [0, 0.05) is 12.1 Å². The van der Waals surface area contributed by atoms with Crippen molar-refractivity contribution in [2.45, 2.75) is 38.8 Å². The third-order valence-corrected chi connectivity index (χ3v) is 5.47. The lowest BCUT2D eigenvalue weighted by Gasteiger charge is -2.28. The number of β-amino-alcohol motifs (C(OH)–C–C–N with tert-alkyl or cyclic N) is 1. The van der Waals surface area contributed by atoms with Crippen molar-refractivity contribution in [2.24, 2.45) is 5.92 Å². The number of Topliss-reactive ketones (excluding diaryl/α,β-unsaturated/α-hetero) is 2. The first-order valence-electron chi connectivity index (χ1n) is 10.1. The first-order valence-corrected chi connectivity index (χ1v) is 10.1. The van der Waals surface area contributed by atoms with Crippen molar-refractivity contribution < 1.29 is 24.2 Å². The molecule has 1 heterocycles. The summed E-state index contributed by atoms with van der Waals surface area (Å²) < 4.78 is 5.13. The molecule has 0 bridgehead atoms. The molecule has 6 nitrogen and oxygen atoms in total. The van der Waals surface area contributed by atoms with Crippen molar-refractivity contribution in [3.63, 3.8) is 0 Å². The number of carbonyl (C=O) groups is 3. The molecule has 6 heteroatoms. The van der Waals surface area contributed by atoms with Crippen LogP contribution in [0.5, 0.6) is 5.75 Å². The molecule has 1 aliphatic rings. The quantitative estimate of drug-likeness (QED) is 0.431. The molecule has 2 aromatic rings. The summed E-state index contributed by atoms with van der Waals surface area (Å²) in [5, 5.41) is 9.89. The van der Waals surface area contributed by atoms with Gasteiger partial charge in [0.15, 0.2) is 5.78 Å². The monoisotopic (exact) mass is 409 g/mol. The summed E-state index contributed by atoms with van der Waals surface area (Å²) >= 11 is 0. The first kappa shape index (κ1) is 21.7. The van der Waals surface area contributed by atoms with Crippen LogP contribution < -0.4 is 4.74 Å². The van der Waals surface area contributed by atoms with Gasteiger partial charge in [-0.05, 0) is 48.2 Å². The molecule has 158 valence electrons. The van der Waals surface area contributed by atoms with E-state index in [4.69, 9.17) is 4.74 Å². The number of methoxy groups -OCH3 is 1. The summed E-state index contributed by atoms with van der Waals surface area (Å²) in [7, 11) is 1.53. The van der Waals surface area contributed by atoms with Gasteiger partial charge in [-0.25, -0.2) is 0 Å². The average Bonchev–Trinajstić information content (AvgIpc) is 2.97. The van der Waals surface area contributed by atoms with Crippen molar-refractivity contribution in [3.05, 3.63) is 65.2 Å². The summed E-state index contributed by atoms with van der Waals surface area (Å²) in [5.74, 6) is -2.13. The Bertz CT molecular complexity index is 931. The van der Waals surface area contributed by atoms with Crippen LogP contribution in [0.25, 0.3) is 0 Å². The molecule has 1 amide bonds. The van der Waals surface area contributed by atoms with E-state index in [0.717, 1.165) is 5.56 Å². The number of hydrogen-bond acceptors (Lipinski definition) is 5. The SMILES string of the molecule is COc1ccc(C(=O)C2C(=O)C(=O)N(CC(C)O)C2c2ccc(C(C)C)cc2)cc1. The molecule has 0 aromatic heterocycles.